The van der Waals surface area contributed by atoms with Gasteiger partial charge in [0.15, 0.2) is 17.5 Å². The lowest BCUT2D eigenvalue weighted by atomic mass is 10.1. The van der Waals surface area contributed by atoms with E-state index in [1.54, 1.807) is 0 Å². The molecule has 0 spiro atoms. The van der Waals surface area contributed by atoms with Crippen molar-refractivity contribution in [3.05, 3.63) is 23.8 Å². The van der Waals surface area contributed by atoms with E-state index in [4.69, 9.17) is 15.2 Å². The lowest BCUT2D eigenvalue weighted by molar-refractivity contribution is 0.287. The Morgan fingerprint density at radius 2 is 1.82 bits per heavy atom. The van der Waals surface area contributed by atoms with Gasteiger partial charge in [-0.25, -0.2) is 0 Å². The van der Waals surface area contributed by atoms with Crippen molar-refractivity contribution in [1.29, 1.82) is 0 Å². The van der Waals surface area contributed by atoms with Crippen molar-refractivity contribution in [2.24, 2.45) is 10.7 Å². The van der Waals surface area contributed by atoms with Crippen LogP contribution in [0.4, 0.5) is 0 Å². The summed E-state index contributed by atoms with van der Waals surface area (Å²) >= 11 is 0. The Hall–Kier alpha value is -1.18. The summed E-state index contributed by atoms with van der Waals surface area (Å²) in [6.45, 7) is 9.87. The Labute approximate surface area is 150 Å². The molecule has 0 saturated heterocycles. The Morgan fingerprint density at radius 3 is 2.41 bits per heavy atom. The normalized spacial score (nSPS) is 11.0. The quantitative estimate of drug-likeness (QED) is 0.385. The first-order valence-electron chi connectivity index (χ1n) is 7.51. The van der Waals surface area contributed by atoms with Crippen LogP contribution in [0.1, 0.15) is 33.3 Å². The highest BCUT2D eigenvalue weighted by atomic mass is 127. The molecule has 0 radical (unpaired) electrons. The fourth-order valence-electron chi connectivity index (χ4n) is 1.90. The first-order valence-corrected chi connectivity index (χ1v) is 7.51. The summed E-state index contributed by atoms with van der Waals surface area (Å²) < 4.78 is 11.2. The SMILES string of the molecule is CCOc1ccc(CCN=C(N)NC(C)C)cc1OCC.I. The number of hydrogen-bond donors (Lipinski definition) is 2. The van der Waals surface area contributed by atoms with Crippen LogP contribution in [0.3, 0.4) is 0 Å². The van der Waals surface area contributed by atoms with Crippen molar-refractivity contribution in [3.8, 4) is 11.5 Å². The molecule has 0 heterocycles. The zero-order valence-electron chi connectivity index (χ0n) is 13.9. The predicted molar refractivity (Wildman–Crippen MR) is 103 cm³/mol. The van der Waals surface area contributed by atoms with Crippen LogP contribution in [0.25, 0.3) is 0 Å². The van der Waals surface area contributed by atoms with E-state index in [1.807, 2.05) is 45.9 Å². The molecule has 0 aliphatic heterocycles. The van der Waals surface area contributed by atoms with Gasteiger partial charge < -0.3 is 20.5 Å². The molecule has 1 rings (SSSR count). The number of nitrogens with two attached hydrogens (primary N) is 1. The second kappa shape index (κ2) is 11.4. The van der Waals surface area contributed by atoms with Crippen molar-refractivity contribution in [2.45, 2.75) is 40.2 Å². The van der Waals surface area contributed by atoms with Crippen molar-refractivity contribution in [3.63, 3.8) is 0 Å². The number of ether oxygens (including phenoxy) is 2. The Morgan fingerprint density at radius 1 is 1.18 bits per heavy atom. The van der Waals surface area contributed by atoms with Crippen LogP contribution in [0.15, 0.2) is 23.2 Å². The van der Waals surface area contributed by atoms with E-state index in [2.05, 4.69) is 10.3 Å². The molecule has 0 bridgehead atoms. The summed E-state index contributed by atoms with van der Waals surface area (Å²) in [5.41, 5.74) is 6.93. The maximum absolute atomic E-state index is 5.77. The van der Waals surface area contributed by atoms with Crippen molar-refractivity contribution in [1.82, 2.24) is 5.32 Å². The maximum atomic E-state index is 5.77. The number of hydrogen-bond acceptors (Lipinski definition) is 3. The van der Waals surface area contributed by atoms with Gasteiger partial charge in [0.25, 0.3) is 0 Å². The molecule has 0 atom stereocenters. The molecule has 0 saturated carbocycles. The minimum absolute atomic E-state index is 0. The molecule has 126 valence electrons. The molecule has 0 amide bonds. The molecule has 0 fully saturated rings. The molecule has 1 aromatic carbocycles. The van der Waals surface area contributed by atoms with E-state index in [0.717, 1.165) is 23.5 Å². The average Bonchev–Trinajstić information content (AvgIpc) is 2.41. The van der Waals surface area contributed by atoms with E-state index in [1.165, 1.54) is 0 Å². The fourth-order valence-corrected chi connectivity index (χ4v) is 1.90. The summed E-state index contributed by atoms with van der Waals surface area (Å²) in [6.07, 6.45) is 0.812. The lowest BCUT2D eigenvalue weighted by Gasteiger charge is -2.12. The number of guanidine groups is 1. The second-order valence-electron chi connectivity index (χ2n) is 4.96. The van der Waals surface area contributed by atoms with Gasteiger partial charge in [-0.2, -0.15) is 0 Å². The molecule has 0 unspecified atom stereocenters. The fraction of sp³-hybridized carbons (Fsp3) is 0.562. The van der Waals surface area contributed by atoms with Crippen molar-refractivity contribution < 1.29 is 9.47 Å². The van der Waals surface area contributed by atoms with Gasteiger partial charge in [-0.3, -0.25) is 4.99 Å². The Balaban J connectivity index is 0.00000441. The molecule has 6 heteroatoms. The molecule has 1 aromatic rings. The molecule has 0 aliphatic rings. The number of benzene rings is 1. The van der Waals surface area contributed by atoms with Crippen LogP contribution < -0.4 is 20.5 Å². The molecule has 3 N–H and O–H groups in total. The number of nitrogens with zero attached hydrogens (tertiary/aromatic N) is 1. The van der Waals surface area contributed by atoms with Gasteiger partial charge in [0.1, 0.15) is 0 Å². The average molecular weight is 421 g/mol. The van der Waals surface area contributed by atoms with Gasteiger partial charge in [0.05, 0.1) is 13.2 Å². The van der Waals surface area contributed by atoms with Gasteiger partial charge in [-0.1, -0.05) is 6.07 Å². The summed E-state index contributed by atoms with van der Waals surface area (Å²) in [5.74, 6) is 2.06. The molecular formula is C16H28IN3O2. The second-order valence-corrected chi connectivity index (χ2v) is 4.96. The third-order valence-corrected chi connectivity index (χ3v) is 2.73. The summed E-state index contributed by atoms with van der Waals surface area (Å²) in [6, 6.07) is 6.29. The third kappa shape index (κ3) is 7.72. The summed E-state index contributed by atoms with van der Waals surface area (Å²) in [4.78, 5) is 4.31. The smallest absolute Gasteiger partial charge is 0.188 e. The number of nitrogens with one attached hydrogen (secondary N) is 1. The predicted octanol–water partition coefficient (Wildman–Crippen LogP) is 2.96. The van der Waals surface area contributed by atoms with Gasteiger partial charge in [-0.05, 0) is 51.8 Å². The molecule has 5 nitrogen and oxygen atoms in total. The number of aliphatic imine (C=N–C) groups is 1. The van der Waals surface area contributed by atoms with Gasteiger partial charge in [0, 0.05) is 12.6 Å². The maximum Gasteiger partial charge on any atom is 0.188 e. The Bertz CT molecular complexity index is 465. The standard InChI is InChI=1S/C16H27N3O2.HI/c1-5-20-14-8-7-13(11-15(14)21-6-2)9-10-18-16(17)19-12(3)4;/h7-8,11-12H,5-6,9-10H2,1-4H3,(H3,17,18,19);1H. The summed E-state index contributed by atoms with van der Waals surface area (Å²) in [7, 11) is 0. The number of halogens is 1. The van der Waals surface area contributed by atoms with Crippen LogP contribution in [0.5, 0.6) is 11.5 Å². The van der Waals surface area contributed by atoms with Crippen molar-refractivity contribution >= 4 is 29.9 Å². The first-order chi connectivity index (χ1) is 10.1. The largest absolute Gasteiger partial charge is 0.490 e. The van der Waals surface area contributed by atoms with Gasteiger partial charge in [0.2, 0.25) is 0 Å². The van der Waals surface area contributed by atoms with E-state index < -0.39 is 0 Å². The van der Waals surface area contributed by atoms with E-state index in [0.29, 0.717) is 31.8 Å². The topological polar surface area (TPSA) is 68.9 Å². The number of rotatable bonds is 8. The lowest BCUT2D eigenvalue weighted by Crippen LogP contribution is -2.36. The molecular weight excluding hydrogens is 393 g/mol. The first kappa shape index (κ1) is 20.8. The van der Waals surface area contributed by atoms with Gasteiger partial charge in [-0.15, -0.1) is 24.0 Å². The minimum Gasteiger partial charge on any atom is -0.490 e. The van der Waals surface area contributed by atoms with E-state index in [-0.39, 0.29) is 24.0 Å². The van der Waals surface area contributed by atoms with Crippen LogP contribution in [0, 0.1) is 0 Å². The third-order valence-electron chi connectivity index (χ3n) is 2.73. The van der Waals surface area contributed by atoms with E-state index >= 15 is 0 Å². The van der Waals surface area contributed by atoms with Crippen LogP contribution >= 0.6 is 24.0 Å². The minimum atomic E-state index is 0. The molecule has 0 aromatic heterocycles. The zero-order chi connectivity index (χ0) is 15.7. The van der Waals surface area contributed by atoms with Crippen LogP contribution in [-0.4, -0.2) is 31.8 Å². The zero-order valence-corrected chi connectivity index (χ0v) is 16.2. The molecule has 0 aliphatic carbocycles. The highest BCUT2D eigenvalue weighted by Gasteiger charge is 2.06. The van der Waals surface area contributed by atoms with Gasteiger partial charge >= 0.3 is 0 Å². The Kier molecular flexibility index (Phi) is 10.8. The monoisotopic (exact) mass is 421 g/mol. The van der Waals surface area contributed by atoms with E-state index in [9.17, 15) is 0 Å². The van der Waals surface area contributed by atoms with Crippen LogP contribution in [0.2, 0.25) is 0 Å². The van der Waals surface area contributed by atoms with Crippen LogP contribution in [-0.2, 0) is 6.42 Å². The summed E-state index contributed by atoms with van der Waals surface area (Å²) in [5, 5.41) is 3.07. The molecule has 22 heavy (non-hydrogen) atoms. The highest BCUT2D eigenvalue weighted by molar-refractivity contribution is 14.0. The highest BCUT2D eigenvalue weighted by Crippen LogP contribution is 2.28. The van der Waals surface area contributed by atoms with Crippen molar-refractivity contribution in [2.75, 3.05) is 19.8 Å².